The summed E-state index contributed by atoms with van der Waals surface area (Å²) >= 11 is 0. The lowest BCUT2D eigenvalue weighted by Gasteiger charge is -2.26. The first kappa shape index (κ1) is 55.6. The summed E-state index contributed by atoms with van der Waals surface area (Å²) in [5, 5.41) is 25.7. The molecule has 7 N–H and O–H groups in total. The smallest absolute Gasteiger partial charge is 0.407 e. The van der Waals surface area contributed by atoms with Crippen molar-refractivity contribution < 1.29 is 48.1 Å². The number of ether oxygens (including phenoxy) is 2. The van der Waals surface area contributed by atoms with Crippen molar-refractivity contribution in [2.75, 3.05) is 19.7 Å². The fourth-order valence-corrected chi connectivity index (χ4v) is 6.60. The van der Waals surface area contributed by atoms with Crippen LogP contribution >= 0.6 is 0 Å². The third-order valence-electron chi connectivity index (χ3n) is 10.0. The number of hydrogen-bond donors (Lipinski definition) is 7. The highest BCUT2D eigenvalue weighted by Gasteiger charge is 2.30. The van der Waals surface area contributed by atoms with Crippen LogP contribution in [0.4, 0.5) is 9.59 Å². The molecule has 65 heavy (non-hydrogen) atoms. The van der Waals surface area contributed by atoms with E-state index >= 15 is 0 Å². The van der Waals surface area contributed by atoms with Crippen LogP contribution in [0, 0.1) is 5.92 Å². The summed E-state index contributed by atoms with van der Waals surface area (Å²) in [6.45, 7) is 17.6. The molecular weight excluding hydrogens is 833 g/mol. The van der Waals surface area contributed by atoms with Crippen LogP contribution in [-0.4, -0.2) is 102 Å². The molecule has 362 valence electrons. The monoisotopic (exact) mass is 909 g/mol. The molecule has 0 saturated carbocycles. The molecule has 0 aliphatic rings. The van der Waals surface area contributed by atoms with Crippen LogP contribution in [0.5, 0.6) is 0 Å². The van der Waals surface area contributed by atoms with E-state index in [4.69, 9.17) is 9.47 Å². The summed E-state index contributed by atoms with van der Waals surface area (Å²) in [5.41, 5.74) is 2.13. The molecule has 0 saturated heterocycles. The van der Waals surface area contributed by atoms with Crippen molar-refractivity contribution in [2.24, 2.45) is 5.92 Å². The van der Waals surface area contributed by atoms with Crippen molar-refractivity contribution in [1.82, 2.24) is 31.9 Å². The van der Waals surface area contributed by atoms with E-state index in [1.54, 1.807) is 53.7 Å². The number of alkyl carbamates (subject to hydrolysis) is 2. The summed E-state index contributed by atoms with van der Waals surface area (Å²) in [4.78, 5) is 91.8. The van der Waals surface area contributed by atoms with Gasteiger partial charge in [0.05, 0.1) is 6.04 Å². The minimum absolute atomic E-state index is 0.0252. The first-order valence-electron chi connectivity index (χ1n) is 23.0. The molecule has 0 aliphatic heterocycles. The fraction of sp³-hybridized carbons (Fsp3) is 0.612. The van der Waals surface area contributed by atoms with Crippen LogP contribution < -0.4 is 31.9 Å². The number of ketones is 1. The number of benzene rings is 2. The first-order chi connectivity index (χ1) is 30.5. The first-order valence-corrected chi connectivity index (χ1v) is 23.0. The van der Waals surface area contributed by atoms with E-state index in [2.05, 4.69) is 63.1 Å². The average molecular weight is 909 g/mol. The zero-order valence-electron chi connectivity index (χ0n) is 40.3. The van der Waals surface area contributed by atoms with E-state index in [1.165, 1.54) is 12.5 Å². The van der Waals surface area contributed by atoms with Crippen molar-refractivity contribution in [1.29, 1.82) is 0 Å². The molecular formula is C49H76N6O10. The lowest BCUT2D eigenvalue weighted by Crippen LogP contribution is -2.57. The Hall–Kier alpha value is -5.51. The van der Waals surface area contributed by atoms with Gasteiger partial charge in [-0.25, -0.2) is 9.59 Å². The number of aliphatic hydroxyl groups is 1. The van der Waals surface area contributed by atoms with Gasteiger partial charge in [0.15, 0.2) is 5.78 Å². The standard InChI is InChI=1S/C49H76N6O10/c1-11-12-17-34-20-22-35(23-21-34)36-24-26-37(27-25-36)43(59)53-39(19-14-16-29-51-47(63)65-49(8,9)10)45(61)54-38(18-13-15-28-50-46(62)64-48(5,6)7)44(60)52-33(4)42(58)55-40(30-32(2)3)41(57)31-56/h20-27,32-33,38-40,56H,11-19,28-31H2,1-10H3,(H,50,62)(H,51,63)(H,52,60)(H,53,59)(H,54,61)(H,55,58)/t33-,38-,39?,40-/m0/s1. The van der Waals surface area contributed by atoms with Crippen molar-refractivity contribution in [2.45, 2.75) is 169 Å². The minimum atomic E-state index is -1.18. The van der Waals surface area contributed by atoms with E-state index in [0.29, 0.717) is 31.2 Å². The zero-order chi connectivity index (χ0) is 48.7. The number of carbonyl (C=O) groups is 7. The Bertz CT molecular complexity index is 1840. The molecule has 0 heterocycles. The third kappa shape index (κ3) is 22.8. The van der Waals surface area contributed by atoms with Gasteiger partial charge < -0.3 is 46.5 Å². The predicted molar refractivity (Wildman–Crippen MR) is 251 cm³/mol. The van der Waals surface area contributed by atoms with Gasteiger partial charge in [0.25, 0.3) is 5.91 Å². The van der Waals surface area contributed by atoms with Gasteiger partial charge in [-0.15, -0.1) is 0 Å². The number of hydrogen-bond acceptors (Lipinski definition) is 10. The van der Waals surface area contributed by atoms with E-state index in [0.717, 1.165) is 30.4 Å². The predicted octanol–water partition coefficient (Wildman–Crippen LogP) is 6.27. The SMILES string of the molecule is CCCCc1ccc(-c2ccc(C(=O)NC(CCCCNC(=O)OC(C)(C)C)C(=O)N[C@@H](CCCCNC(=O)OC(C)(C)C)C(=O)N[C@@H](C)C(=O)N[C@@H](CC(C)C)C(=O)CO)cc2)cc1. The molecule has 16 nitrogen and oxygen atoms in total. The third-order valence-corrected chi connectivity index (χ3v) is 10.0. The van der Waals surface area contributed by atoms with E-state index in [1.807, 2.05) is 26.0 Å². The molecule has 0 aromatic heterocycles. The number of amides is 6. The molecule has 2 aromatic rings. The normalized spacial score (nSPS) is 13.4. The highest BCUT2D eigenvalue weighted by molar-refractivity contribution is 5.99. The van der Waals surface area contributed by atoms with Gasteiger partial charge in [-0.1, -0.05) is 63.6 Å². The van der Waals surface area contributed by atoms with Gasteiger partial charge in [-0.3, -0.25) is 24.0 Å². The minimum Gasteiger partial charge on any atom is -0.444 e. The average Bonchev–Trinajstić information content (AvgIpc) is 3.22. The number of rotatable bonds is 26. The summed E-state index contributed by atoms with van der Waals surface area (Å²) in [6, 6.07) is 11.0. The van der Waals surface area contributed by atoms with E-state index in [9.17, 15) is 38.7 Å². The second-order valence-corrected chi connectivity index (χ2v) is 18.9. The topological polar surface area (TPSA) is 230 Å². The second kappa shape index (κ2) is 27.7. The van der Waals surface area contributed by atoms with E-state index < -0.39 is 83.6 Å². The highest BCUT2D eigenvalue weighted by atomic mass is 16.6. The van der Waals surface area contributed by atoms with Crippen molar-refractivity contribution in [3.63, 3.8) is 0 Å². The Kier molecular flexibility index (Phi) is 23.7. The number of nitrogens with one attached hydrogen (secondary N) is 6. The van der Waals surface area contributed by atoms with Crippen LogP contribution in [0.1, 0.15) is 143 Å². The Balaban J connectivity index is 2.31. The van der Waals surface area contributed by atoms with Crippen LogP contribution in [0.2, 0.25) is 0 Å². The molecule has 4 atom stereocenters. The molecule has 1 unspecified atom stereocenters. The molecule has 0 bridgehead atoms. The molecule has 0 aliphatic carbocycles. The summed E-state index contributed by atoms with van der Waals surface area (Å²) in [7, 11) is 0. The Morgan fingerprint density at radius 1 is 0.585 bits per heavy atom. The maximum atomic E-state index is 14.2. The summed E-state index contributed by atoms with van der Waals surface area (Å²) in [6.07, 6.45) is 4.21. The Labute approximate surface area is 385 Å². The molecule has 2 rings (SSSR count). The maximum Gasteiger partial charge on any atom is 0.407 e. The fourth-order valence-electron chi connectivity index (χ4n) is 6.60. The molecule has 0 radical (unpaired) electrons. The highest BCUT2D eigenvalue weighted by Crippen LogP contribution is 2.22. The summed E-state index contributed by atoms with van der Waals surface area (Å²) < 4.78 is 10.6. The Morgan fingerprint density at radius 3 is 1.51 bits per heavy atom. The Morgan fingerprint density at radius 2 is 1.05 bits per heavy atom. The number of unbranched alkanes of at least 4 members (excludes halogenated alkanes) is 3. The van der Waals surface area contributed by atoms with Gasteiger partial charge in [0, 0.05) is 18.7 Å². The largest absolute Gasteiger partial charge is 0.444 e. The van der Waals surface area contributed by atoms with Crippen LogP contribution in [0.3, 0.4) is 0 Å². The van der Waals surface area contributed by atoms with Gasteiger partial charge >= 0.3 is 12.2 Å². The van der Waals surface area contributed by atoms with Crippen molar-refractivity contribution in [3.05, 3.63) is 59.7 Å². The molecule has 16 heteroatoms. The summed E-state index contributed by atoms with van der Waals surface area (Å²) in [5.74, 6) is -3.03. The van der Waals surface area contributed by atoms with Gasteiger partial charge in [-0.2, -0.15) is 0 Å². The number of aryl methyl sites for hydroxylation is 1. The van der Waals surface area contributed by atoms with Gasteiger partial charge in [0.1, 0.15) is 35.9 Å². The molecule has 2 aromatic carbocycles. The van der Waals surface area contributed by atoms with Crippen LogP contribution in [0.25, 0.3) is 11.1 Å². The molecule has 0 spiro atoms. The zero-order valence-corrected chi connectivity index (χ0v) is 40.3. The lowest BCUT2D eigenvalue weighted by molar-refractivity contribution is -0.134. The maximum absolute atomic E-state index is 14.2. The quantitative estimate of drug-likeness (QED) is 0.0524. The number of Topliss-reactive ketones (excluding diaryl/α,β-unsaturated/α-hetero) is 1. The second-order valence-electron chi connectivity index (χ2n) is 18.9. The molecule has 0 fully saturated rings. The van der Waals surface area contributed by atoms with Crippen molar-refractivity contribution in [3.8, 4) is 11.1 Å². The number of carbonyl (C=O) groups excluding carboxylic acids is 7. The van der Waals surface area contributed by atoms with Gasteiger partial charge in [0.2, 0.25) is 17.7 Å². The van der Waals surface area contributed by atoms with Crippen LogP contribution in [0.15, 0.2) is 48.5 Å². The van der Waals surface area contributed by atoms with Crippen molar-refractivity contribution >= 4 is 41.6 Å². The van der Waals surface area contributed by atoms with E-state index in [-0.39, 0.29) is 38.3 Å². The number of aliphatic hydroxyl groups excluding tert-OH is 1. The molecule has 6 amide bonds. The van der Waals surface area contributed by atoms with Crippen LogP contribution in [-0.2, 0) is 35.1 Å². The lowest BCUT2D eigenvalue weighted by atomic mass is 10.00. The van der Waals surface area contributed by atoms with Gasteiger partial charge in [-0.05, 0) is 141 Å².